The van der Waals surface area contributed by atoms with Crippen molar-refractivity contribution in [2.75, 3.05) is 6.61 Å². The molecule has 0 saturated heterocycles. The standard InChI is InChI=1S/C24H23N3O3/c1-3-29-24(28)22(15-19-9-11-21(12-10-19)30-18(2)16-25)23-26-13-14-27(23)17-20-7-5-4-6-8-20/h4-15,18H,3,17H2,1-2H3/b22-15+. The summed E-state index contributed by atoms with van der Waals surface area (Å²) >= 11 is 0. The summed E-state index contributed by atoms with van der Waals surface area (Å²) in [5, 5.41) is 8.87. The van der Waals surface area contributed by atoms with Crippen LogP contribution in [0.5, 0.6) is 5.75 Å². The van der Waals surface area contributed by atoms with Crippen LogP contribution < -0.4 is 4.74 Å². The SMILES string of the molecule is CCOC(=O)/C(=C/c1ccc(OC(C)C#N)cc1)c1nccn1Cc1ccccc1. The molecule has 1 unspecified atom stereocenters. The van der Waals surface area contributed by atoms with Crippen molar-refractivity contribution >= 4 is 17.6 Å². The molecule has 0 spiro atoms. The maximum absolute atomic E-state index is 12.7. The van der Waals surface area contributed by atoms with Crippen LogP contribution in [0, 0.1) is 11.3 Å². The van der Waals surface area contributed by atoms with E-state index in [9.17, 15) is 4.79 Å². The van der Waals surface area contributed by atoms with Crippen molar-refractivity contribution in [1.82, 2.24) is 9.55 Å². The number of rotatable bonds is 8. The molecular formula is C24H23N3O3. The van der Waals surface area contributed by atoms with Crippen LogP contribution in [0.1, 0.15) is 30.8 Å². The van der Waals surface area contributed by atoms with Crippen molar-refractivity contribution < 1.29 is 14.3 Å². The summed E-state index contributed by atoms with van der Waals surface area (Å²) in [5.74, 6) is 0.691. The van der Waals surface area contributed by atoms with E-state index in [1.807, 2.05) is 59.3 Å². The number of carbonyl (C=O) groups is 1. The molecule has 6 heteroatoms. The number of aromatic nitrogens is 2. The maximum atomic E-state index is 12.7. The van der Waals surface area contributed by atoms with Gasteiger partial charge >= 0.3 is 5.97 Å². The zero-order valence-corrected chi connectivity index (χ0v) is 17.0. The van der Waals surface area contributed by atoms with E-state index in [1.54, 1.807) is 38.3 Å². The van der Waals surface area contributed by atoms with E-state index in [0.717, 1.165) is 11.1 Å². The number of hydrogen-bond acceptors (Lipinski definition) is 5. The van der Waals surface area contributed by atoms with E-state index in [4.69, 9.17) is 14.7 Å². The second kappa shape index (κ2) is 10.1. The highest BCUT2D eigenvalue weighted by Gasteiger charge is 2.19. The van der Waals surface area contributed by atoms with Crippen molar-refractivity contribution in [3.8, 4) is 11.8 Å². The van der Waals surface area contributed by atoms with Gasteiger partial charge in [-0.2, -0.15) is 5.26 Å². The minimum Gasteiger partial charge on any atom is -0.476 e. The Morgan fingerprint density at radius 2 is 1.93 bits per heavy atom. The van der Waals surface area contributed by atoms with E-state index in [0.29, 0.717) is 23.7 Å². The summed E-state index contributed by atoms with van der Waals surface area (Å²) in [6.07, 6.45) is 4.73. The van der Waals surface area contributed by atoms with E-state index < -0.39 is 12.1 Å². The van der Waals surface area contributed by atoms with Crippen LogP contribution in [-0.4, -0.2) is 28.2 Å². The van der Waals surface area contributed by atoms with Crippen LogP contribution in [0.3, 0.4) is 0 Å². The quantitative estimate of drug-likeness (QED) is 0.415. The Hall–Kier alpha value is -3.85. The fraction of sp³-hybridized carbons (Fsp3) is 0.208. The molecular weight excluding hydrogens is 378 g/mol. The first-order valence-electron chi connectivity index (χ1n) is 9.71. The Morgan fingerprint density at radius 1 is 1.20 bits per heavy atom. The van der Waals surface area contributed by atoms with Gasteiger partial charge in [-0.25, -0.2) is 9.78 Å². The third-order valence-corrected chi connectivity index (χ3v) is 4.33. The molecule has 3 aromatic rings. The average Bonchev–Trinajstić information content (AvgIpc) is 3.21. The summed E-state index contributed by atoms with van der Waals surface area (Å²) < 4.78 is 12.7. The Labute approximate surface area is 176 Å². The molecule has 0 fully saturated rings. The molecule has 0 amide bonds. The van der Waals surface area contributed by atoms with Crippen molar-refractivity contribution in [3.05, 3.63) is 83.9 Å². The van der Waals surface area contributed by atoms with Crippen molar-refractivity contribution in [3.63, 3.8) is 0 Å². The van der Waals surface area contributed by atoms with Gasteiger partial charge in [0.1, 0.15) is 23.2 Å². The number of benzene rings is 2. The minimum atomic E-state index is -0.535. The second-order valence-electron chi connectivity index (χ2n) is 6.60. The Balaban J connectivity index is 1.92. The van der Waals surface area contributed by atoms with Crippen molar-refractivity contribution in [2.45, 2.75) is 26.5 Å². The molecule has 152 valence electrons. The van der Waals surface area contributed by atoms with Crippen molar-refractivity contribution in [2.24, 2.45) is 0 Å². The third kappa shape index (κ3) is 5.36. The summed E-state index contributed by atoms with van der Waals surface area (Å²) in [6.45, 7) is 4.31. The van der Waals surface area contributed by atoms with Gasteiger partial charge in [-0.1, -0.05) is 42.5 Å². The molecule has 30 heavy (non-hydrogen) atoms. The topological polar surface area (TPSA) is 77.1 Å². The van der Waals surface area contributed by atoms with E-state index in [2.05, 4.69) is 4.98 Å². The number of hydrogen-bond donors (Lipinski definition) is 0. The normalized spacial score (nSPS) is 12.1. The number of carbonyl (C=O) groups excluding carboxylic acids is 1. The minimum absolute atomic E-state index is 0.272. The van der Waals surface area contributed by atoms with Crippen LogP contribution >= 0.6 is 0 Å². The first-order valence-corrected chi connectivity index (χ1v) is 9.71. The molecule has 1 aromatic heterocycles. The van der Waals surface area contributed by atoms with Crippen LogP contribution in [0.25, 0.3) is 11.6 Å². The highest BCUT2D eigenvalue weighted by atomic mass is 16.5. The van der Waals surface area contributed by atoms with Gasteiger partial charge in [-0.3, -0.25) is 0 Å². The van der Waals surface area contributed by atoms with Crippen LogP contribution in [0.4, 0.5) is 0 Å². The molecule has 0 N–H and O–H groups in total. The summed E-state index contributed by atoms with van der Waals surface area (Å²) in [7, 11) is 0. The Morgan fingerprint density at radius 3 is 2.60 bits per heavy atom. The summed E-state index contributed by atoms with van der Waals surface area (Å²) in [4.78, 5) is 17.1. The smallest absolute Gasteiger partial charge is 0.341 e. The van der Waals surface area contributed by atoms with Gasteiger partial charge < -0.3 is 14.0 Å². The van der Waals surface area contributed by atoms with Gasteiger partial charge in [-0.15, -0.1) is 0 Å². The fourth-order valence-corrected chi connectivity index (χ4v) is 2.92. The Kier molecular flexibility index (Phi) is 7.01. The number of esters is 1. The third-order valence-electron chi connectivity index (χ3n) is 4.33. The number of nitrogens with zero attached hydrogens (tertiary/aromatic N) is 3. The second-order valence-corrected chi connectivity index (χ2v) is 6.60. The Bertz CT molecular complexity index is 1050. The molecule has 2 aromatic carbocycles. The maximum Gasteiger partial charge on any atom is 0.341 e. The van der Waals surface area contributed by atoms with Gasteiger partial charge in [0.15, 0.2) is 6.10 Å². The summed E-state index contributed by atoms with van der Waals surface area (Å²) in [6, 6.07) is 19.2. The lowest BCUT2D eigenvalue weighted by molar-refractivity contribution is -0.136. The number of ether oxygens (including phenoxy) is 2. The van der Waals surface area contributed by atoms with Crippen LogP contribution in [-0.2, 0) is 16.1 Å². The van der Waals surface area contributed by atoms with E-state index in [1.165, 1.54) is 0 Å². The van der Waals surface area contributed by atoms with E-state index >= 15 is 0 Å². The first-order chi connectivity index (χ1) is 14.6. The molecule has 0 aliphatic carbocycles. The lowest BCUT2D eigenvalue weighted by Gasteiger charge is -2.11. The predicted octanol–water partition coefficient (Wildman–Crippen LogP) is 4.33. The zero-order valence-electron chi connectivity index (χ0n) is 17.0. The summed E-state index contributed by atoms with van der Waals surface area (Å²) in [5.41, 5.74) is 2.27. The van der Waals surface area contributed by atoms with Gasteiger partial charge in [0.25, 0.3) is 0 Å². The predicted molar refractivity (Wildman–Crippen MR) is 114 cm³/mol. The lowest BCUT2D eigenvalue weighted by atomic mass is 10.1. The monoisotopic (exact) mass is 401 g/mol. The first kappa shape index (κ1) is 20.9. The van der Waals surface area contributed by atoms with Gasteiger partial charge in [-0.05, 0) is 43.2 Å². The molecule has 0 bridgehead atoms. The van der Waals surface area contributed by atoms with Gasteiger partial charge in [0, 0.05) is 18.9 Å². The van der Waals surface area contributed by atoms with Crippen LogP contribution in [0.15, 0.2) is 67.0 Å². The van der Waals surface area contributed by atoms with Gasteiger partial charge in [0.2, 0.25) is 0 Å². The molecule has 0 radical (unpaired) electrons. The van der Waals surface area contributed by atoms with E-state index in [-0.39, 0.29) is 6.61 Å². The number of nitriles is 1. The zero-order chi connectivity index (χ0) is 21.3. The number of imidazole rings is 1. The molecule has 0 aliphatic heterocycles. The van der Waals surface area contributed by atoms with Crippen molar-refractivity contribution in [1.29, 1.82) is 5.26 Å². The van der Waals surface area contributed by atoms with Crippen LogP contribution in [0.2, 0.25) is 0 Å². The molecule has 1 heterocycles. The molecule has 1 atom stereocenters. The largest absolute Gasteiger partial charge is 0.476 e. The molecule has 6 nitrogen and oxygen atoms in total. The van der Waals surface area contributed by atoms with Gasteiger partial charge in [0.05, 0.1) is 6.61 Å². The average molecular weight is 401 g/mol. The molecule has 3 rings (SSSR count). The lowest BCUT2D eigenvalue weighted by Crippen LogP contribution is -2.12. The highest BCUT2D eigenvalue weighted by molar-refractivity contribution is 6.20. The molecule has 0 saturated carbocycles. The fourth-order valence-electron chi connectivity index (χ4n) is 2.92. The highest BCUT2D eigenvalue weighted by Crippen LogP contribution is 2.22. The molecule has 0 aliphatic rings.